The molecular formula is C17H24N2O2. The van der Waals surface area contributed by atoms with Crippen LogP contribution in [0.2, 0.25) is 0 Å². The lowest BCUT2D eigenvalue weighted by Crippen LogP contribution is -2.37. The lowest BCUT2D eigenvalue weighted by atomic mass is 9.81. The van der Waals surface area contributed by atoms with Crippen molar-refractivity contribution in [3.05, 3.63) is 29.3 Å². The first-order chi connectivity index (χ1) is 9.79. The summed E-state index contributed by atoms with van der Waals surface area (Å²) in [4.78, 5) is 14.1. The average molecular weight is 288 g/mol. The first-order valence-corrected chi connectivity index (χ1v) is 7.66. The van der Waals surface area contributed by atoms with Gasteiger partial charge in [-0.15, -0.1) is 0 Å². The predicted molar refractivity (Wildman–Crippen MR) is 83.3 cm³/mol. The topological polar surface area (TPSA) is 55.6 Å². The molecule has 4 nitrogen and oxygen atoms in total. The molecule has 1 amide bonds. The Hall–Kier alpha value is -1.71. The van der Waals surface area contributed by atoms with Crippen molar-refractivity contribution in [1.82, 2.24) is 4.90 Å². The number of aryl methyl sites for hydroxylation is 1. The maximum absolute atomic E-state index is 12.3. The van der Waals surface area contributed by atoms with E-state index in [0.29, 0.717) is 0 Å². The van der Waals surface area contributed by atoms with E-state index in [1.165, 1.54) is 11.1 Å². The van der Waals surface area contributed by atoms with Crippen LogP contribution in [-0.4, -0.2) is 29.7 Å². The third-order valence-corrected chi connectivity index (χ3v) is 4.58. The van der Waals surface area contributed by atoms with Crippen molar-refractivity contribution in [2.75, 3.05) is 18.8 Å². The molecule has 4 heteroatoms. The Morgan fingerprint density at radius 2 is 2.10 bits per heavy atom. The lowest BCUT2D eigenvalue weighted by Gasteiger charge is -2.27. The van der Waals surface area contributed by atoms with Crippen LogP contribution < -0.4 is 5.73 Å². The summed E-state index contributed by atoms with van der Waals surface area (Å²) < 4.78 is 5.50. The molecule has 1 saturated heterocycles. The minimum Gasteiger partial charge on any atom is -0.444 e. The fourth-order valence-corrected chi connectivity index (χ4v) is 3.59. The van der Waals surface area contributed by atoms with Crippen molar-refractivity contribution in [3.63, 3.8) is 0 Å². The Morgan fingerprint density at radius 1 is 1.33 bits per heavy atom. The molecule has 1 spiro atoms. The van der Waals surface area contributed by atoms with Gasteiger partial charge in [0.25, 0.3) is 0 Å². The molecule has 0 aromatic heterocycles. The van der Waals surface area contributed by atoms with E-state index >= 15 is 0 Å². The molecule has 1 atom stereocenters. The molecule has 0 bridgehead atoms. The SMILES string of the molecule is CC(C)(C)OC(=O)N1CCC2(CCc3ccc(N)cc32)C1. The second-order valence-electron chi connectivity index (χ2n) is 7.35. The fourth-order valence-electron chi connectivity index (χ4n) is 3.59. The first-order valence-electron chi connectivity index (χ1n) is 7.66. The van der Waals surface area contributed by atoms with Gasteiger partial charge >= 0.3 is 6.09 Å². The van der Waals surface area contributed by atoms with Crippen LogP contribution in [0.15, 0.2) is 18.2 Å². The van der Waals surface area contributed by atoms with Crippen molar-refractivity contribution in [1.29, 1.82) is 0 Å². The summed E-state index contributed by atoms with van der Waals surface area (Å²) in [5.41, 5.74) is 9.14. The van der Waals surface area contributed by atoms with Crippen molar-refractivity contribution in [3.8, 4) is 0 Å². The van der Waals surface area contributed by atoms with Crippen LogP contribution >= 0.6 is 0 Å². The molecule has 21 heavy (non-hydrogen) atoms. The molecule has 1 aromatic rings. The minimum absolute atomic E-state index is 0.0849. The quantitative estimate of drug-likeness (QED) is 0.746. The van der Waals surface area contributed by atoms with Crippen LogP contribution in [0.25, 0.3) is 0 Å². The molecule has 2 N–H and O–H groups in total. The van der Waals surface area contributed by atoms with Gasteiger partial charge in [-0.3, -0.25) is 0 Å². The zero-order valence-electron chi connectivity index (χ0n) is 13.1. The van der Waals surface area contributed by atoms with Gasteiger partial charge in [0.1, 0.15) is 5.60 Å². The van der Waals surface area contributed by atoms with Gasteiger partial charge in [0.05, 0.1) is 0 Å². The van der Waals surface area contributed by atoms with Crippen LogP contribution in [0.1, 0.15) is 44.7 Å². The molecule has 0 radical (unpaired) electrons. The Labute approximate surface area is 126 Å². The van der Waals surface area contributed by atoms with E-state index in [0.717, 1.165) is 38.0 Å². The molecule has 2 aliphatic rings. The summed E-state index contributed by atoms with van der Waals surface area (Å²) in [6, 6.07) is 6.20. The van der Waals surface area contributed by atoms with E-state index in [1.54, 1.807) is 0 Å². The summed E-state index contributed by atoms with van der Waals surface area (Å²) in [7, 11) is 0. The number of benzene rings is 1. The van der Waals surface area contributed by atoms with Gasteiger partial charge in [0.2, 0.25) is 0 Å². The third-order valence-electron chi connectivity index (χ3n) is 4.58. The number of likely N-dealkylation sites (tertiary alicyclic amines) is 1. The van der Waals surface area contributed by atoms with Gasteiger partial charge in [0, 0.05) is 24.2 Å². The zero-order valence-corrected chi connectivity index (χ0v) is 13.1. The van der Waals surface area contributed by atoms with E-state index < -0.39 is 5.60 Å². The lowest BCUT2D eigenvalue weighted by molar-refractivity contribution is 0.0284. The minimum atomic E-state index is -0.440. The molecule has 1 unspecified atom stereocenters. The van der Waals surface area contributed by atoms with Crippen LogP contribution in [0.5, 0.6) is 0 Å². The van der Waals surface area contributed by atoms with Gasteiger partial charge in [-0.2, -0.15) is 0 Å². The van der Waals surface area contributed by atoms with Gasteiger partial charge < -0.3 is 15.4 Å². The number of nitrogens with zero attached hydrogens (tertiary/aromatic N) is 1. The number of rotatable bonds is 0. The number of carbonyl (C=O) groups is 1. The number of nitrogen functional groups attached to an aromatic ring is 1. The Bertz CT molecular complexity index is 577. The van der Waals surface area contributed by atoms with E-state index in [4.69, 9.17) is 10.5 Å². The Balaban J connectivity index is 1.79. The molecular weight excluding hydrogens is 264 g/mol. The molecule has 1 aliphatic heterocycles. The van der Waals surface area contributed by atoms with Crippen LogP contribution in [0.3, 0.4) is 0 Å². The molecule has 114 valence electrons. The van der Waals surface area contributed by atoms with Gasteiger partial charge in [0.15, 0.2) is 0 Å². The largest absolute Gasteiger partial charge is 0.444 e. The highest BCUT2D eigenvalue weighted by molar-refractivity contribution is 5.69. The highest BCUT2D eigenvalue weighted by atomic mass is 16.6. The molecule has 1 aromatic carbocycles. The number of ether oxygens (including phenoxy) is 1. The third kappa shape index (κ3) is 2.59. The highest BCUT2D eigenvalue weighted by Gasteiger charge is 2.46. The monoisotopic (exact) mass is 288 g/mol. The van der Waals surface area contributed by atoms with Gasteiger partial charge in [-0.25, -0.2) is 4.79 Å². The van der Waals surface area contributed by atoms with Crippen LogP contribution in [0, 0.1) is 0 Å². The van der Waals surface area contributed by atoms with Crippen molar-refractivity contribution < 1.29 is 9.53 Å². The number of amides is 1. The predicted octanol–water partition coefficient (Wildman–Crippen LogP) is 3.09. The van der Waals surface area contributed by atoms with E-state index in [-0.39, 0.29) is 11.5 Å². The number of nitrogens with two attached hydrogens (primary N) is 1. The van der Waals surface area contributed by atoms with E-state index in [1.807, 2.05) is 31.7 Å². The van der Waals surface area contributed by atoms with Gasteiger partial charge in [-0.1, -0.05) is 6.07 Å². The van der Waals surface area contributed by atoms with Crippen molar-refractivity contribution >= 4 is 11.8 Å². The van der Waals surface area contributed by atoms with Crippen molar-refractivity contribution in [2.45, 2.75) is 51.0 Å². The Morgan fingerprint density at radius 3 is 2.81 bits per heavy atom. The Kier molecular flexibility index (Phi) is 3.15. The van der Waals surface area contributed by atoms with E-state index in [9.17, 15) is 4.79 Å². The smallest absolute Gasteiger partial charge is 0.410 e. The first kappa shape index (κ1) is 14.2. The molecule has 1 fully saturated rings. The van der Waals surface area contributed by atoms with Crippen molar-refractivity contribution in [2.24, 2.45) is 0 Å². The second-order valence-corrected chi connectivity index (χ2v) is 7.35. The number of anilines is 1. The summed E-state index contributed by atoms with van der Waals surface area (Å²) in [5.74, 6) is 0. The van der Waals surface area contributed by atoms with Crippen LogP contribution in [0.4, 0.5) is 10.5 Å². The number of hydrogen-bond acceptors (Lipinski definition) is 3. The molecule has 3 rings (SSSR count). The maximum atomic E-state index is 12.3. The molecule has 1 heterocycles. The normalized spacial score (nSPS) is 24.4. The van der Waals surface area contributed by atoms with E-state index in [2.05, 4.69) is 12.1 Å². The zero-order chi connectivity index (χ0) is 15.3. The summed E-state index contributed by atoms with van der Waals surface area (Å²) in [6.07, 6.45) is 2.99. The number of fused-ring (bicyclic) bond motifs is 2. The molecule has 1 aliphatic carbocycles. The summed E-state index contributed by atoms with van der Waals surface area (Å²) in [5, 5.41) is 0. The highest BCUT2D eigenvalue weighted by Crippen LogP contribution is 2.46. The standard InChI is InChI=1S/C17H24N2O2/c1-16(2,3)21-15(20)19-9-8-17(11-19)7-6-12-4-5-13(18)10-14(12)17/h4-5,10H,6-9,11,18H2,1-3H3. The van der Waals surface area contributed by atoms with Gasteiger partial charge in [-0.05, 0) is 63.3 Å². The molecule has 0 saturated carbocycles. The summed E-state index contributed by atoms with van der Waals surface area (Å²) in [6.45, 7) is 7.23. The summed E-state index contributed by atoms with van der Waals surface area (Å²) >= 11 is 0. The fraction of sp³-hybridized carbons (Fsp3) is 0.588. The maximum Gasteiger partial charge on any atom is 0.410 e. The average Bonchev–Trinajstić information content (AvgIpc) is 2.95. The number of hydrogen-bond donors (Lipinski definition) is 1. The van der Waals surface area contributed by atoms with Crippen LogP contribution in [-0.2, 0) is 16.6 Å². The second kappa shape index (κ2) is 4.65. The number of carbonyl (C=O) groups excluding carboxylic acids is 1.